The average Bonchev–Trinajstić information content (AvgIpc) is 2.30. The van der Waals surface area contributed by atoms with Crippen molar-refractivity contribution >= 4 is 41.3 Å². The van der Waals surface area contributed by atoms with Crippen molar-refractivity contribution in [2.75, 3.05) is 12.4 Å². The monoisotopic (exact) mass is 289 g/mol. The molecular formula is C12H24BNO2S2. The number of nitrogens with zero attached hydrogens (tertiary/aromatic N) is 1. The van der Waals surface area contributed by atoms with Crippen molar-refractivity contribution in [2.45, 2.75) is 51.2 Å². The summed E-state index contributed by atoms with van der Waals surface area (Å²) < 4.78 is 0.164. The van der Waals surface area contributed by atoms with Gasteiger partial charge in [-0.25, -0.2) is 0 Å². The van der Waals surface area contributed by atoms with E-state index in [0.717, 1.165) is 25.0 Å². The second-order valence-electron chi connectivity index (χ2n) is 4.75. The summed E-state index contributed by atoms with van der Waals surface area (Å²) in [5.41, 5.74) is 0.274. The first-order chi connectivity index (χ1) is 8.48. The molecule has 0 aliphatic carbocycles. The van der Waals surface area contributed by atoms with Crippen molar-refractivity contribution in [1.82, 2.24) is 0 Å². The Morgan fingerprint density at radius 3 is 2.83 bits per heavy atom. The Morgan fingerprint density at radius 1 is 1.50 bits per heavy atom. The molecule has 0 heterocycles. The Balaban J connectivity index is 3.46. The summed E-state index contributed by atoms with van der Waals surface area (Å²) in [5, 5.41) is 3.81. The number of carbonyl (C=O) groups excluding carboxylic acids is 1. The van der Waals surface area contributed by atoms with Crippen molar-refractivity contribution in [2.24, 2.45) is 5.16 Å². The maximum atomic E-state index is 10.9. The predicted octanol–water partition coefficient (Wildman–Crippen LogP) is 2.89. The molecule has 0 atom stereocenters. The predicted molar refractivity (Wildman–Crippen MR) is 86.3 cm³/mol. The molecule has 6 heteroatoms. The second-order valence-corrected chi connectivity index (χ2v) is 7.87. The first-order valence-corrected chi connectivity index (χ1v) is 8.73. The summed E-state index contributed by atoms with van der Waals surface area (Å²) in [6, 6.07) is 0. The van der Waals surface area contributed by atoms with Crippen molar-refractivity contribution in [3.05, 3.63) is 0 Å². The summed E-state index contributed by atoms with van der Waals surface area (Å²) in [4.78, 5) is 16.0. The smallest absolute Gasteiger partial charge is 0.187 e. The minimum Gasteiger partial charge on any atom is -0.396 e. The standard InChI is InChI=1S/C12H24BNO2S2/c1-4-8-14-16-9-5-10-17-18-12(2,3)7-6-11(13)15/h8H,4-7,9-10,13H2,1-3H3/b14-8+. The van der Waals surface area contributed by atoms with E-state index < -0.39 is 0 Å². The molecule has 0 spiro atoms. The Labute approximate surface area is 120 Å². The normalized spacial score (nSPS) is 11.9. The third-order valence-corrected chi connectivity index (χ3v) is 5.59. The zero-order chi connectivity index (χ0) is 13.9. The van der Waals surface area contributed by atoms with Gasteiger partial charge in [-0.2, -0.15) is 0 Å². The van der Waals surface area contributed by atoms with Crippen LogP contribution in [0.2, 0.25) is 0 Å². The van der Waals surface area contributed by atoms with Gasteiger partial charge in [0.15, 0.2) is 7.85 Å². The molecule has 0 fully saturated rings. The van der Waals surface area contributed by atoms with Crippen molar-refractivity contribution in [3.63, 3.8) is 0 Å². The van der Waals surface area contributed by atoms with Crippen LogP contribution in [0.15, 0.2) is 5.16 Å². The van der Waals surface area contributed by atoms with Crippen LogP contribution < -0.4 is 0 Å². The molecule has 0 amide bonds. The van der Waals surface area contributed by atoms with E-state index in [2.05, 4.69) is 19.0 Å². The van der Waals surface area contributed by atoms with Gasteiger partial charge in [0.25, 0.3) is 0 Å². The Kier molecular flexibility index (Phi) is 10.7. The van der Waals surface area contributed by atoms with Gasteiger partial charge in [-0.05, 0) is 39.5 Å². The molecule has 0 bridgehead atoms. The minimum absolute atomic E-state index is 0.164. The largest absolute Gasteiger partial charge is 0.396 e. The van der Waals surface area contributed by atoms with Gasteiger partial charge in [0.1, 0.15) is 6.61 Å². The highest BCUT2D eigenvalue weighted by Crippen LogP contribution is 2.38. The van der Waals surface area contributed by atoms with Gasteiger partial charge in [-0.3, -0.25) is 0 Å². The number of rotatable bonds is 11. The first kappa shape index (κ1) is 17.9. The topological polar surface area (TPSA) is 38.7 Å². The molecule has 0 rings (SSSR count). The molecule has 0 saturated carbocycles. The van der Waals surface area contributed by atoms with Crippen molar-refractivity contribution in [3.8, 4) is 0 Å². The lowest BCUT2D eigenvalue weighted by molar-refractivity contribution is -0.111. The van der Waals surface area contributed by atoms with E-state index in [1.807, 2.05) is 28.5 Å². The highest BCUT2D eigenvalue weighted by molar-refractivity contribution is 8.77. The van der Waals surface area contributed by atoms with Crippen molar-refractivity contribution in [1.29, 1.82) is 0 Å². The Bertz CT molecular complexity index is 260. The molecule has 0 aromatic carbocycles. The molecule has 0 radical (unpaired) electrons. The van der Waals surface area contributed by atoms with E-state index in [0.29, 0.717) is 13.0 Å². The van der Waals surface area contributed by atoms with Gasteiger partial charge in [-0.1, -0.05) is 33.7 Å². The number of carbonyl (C=O) groups is 1. The van der Waals surface area contributed by atoms with Crippen LogP contribution in [0.25, 0.3) is 0 Å². The molecule has 0 aromatic rings. The van der Waals surface area contributed by atoms with Gasteiger partial charge in [-0.15, -0.1) is 0 Å². The summed E-state index contributed by atoms with van der Waals surface area (Å²) in [7, 11) is 5.36. The maximum absolute atomic E-state index is 10.9. The minimum atomic E-state index is 0.164. The molecule has 0 aromatic heterocycles. The zero-order valence-corrected chi connectivity index (χ0v) is 13.5. The summed E-state index contributed by atoms with van der Waals surface area (Å²) in [5.74, 6) is 1.05. The van der Waals surface area contributed by atoms with Crippen LogP contribution in [-0.2, 0) is 9.63 Å². The molecule has 3 nitrogen and oxygen atoms in total. The van der Waals surface area contributed by atoms with E-state index in [9.17, 15) is 4.79 Å². The molecule has 0 N–H and O–H groups in total. The van der Waals surface area contributed by atoms with E-state index in [4.69, 9.17) is 4.84 Å². The third-order valence-electron chi connectivity index (χ3n) is 2.16. The van der Waals surface area contributed by atoms with Gasteiger partial charge in [0.05, 0.1) is 5.68 Å². The average molecular weight is 289 g/mol. The van der Waals surface area contributed by atoms with Crippen LogP contribution in [0.3, 0.4) is 0 Å². The fourth-order valence-corrected chi connectivity index (χ4v) is 3.72. The van der Waals surface area contributed by atoms with E-state index in [1.54, 1.807) is 14.1 Å². The summed E-state index contributed by atoms with van der Waals surface area (Å²) in [6.45, 7) is 7.09. The zero-order valence-electron chi connectivity index (χ0n) is 11.9. The second kappa shape index (κ2) is 10.8. The molecule has 0 aliphatic heterocycles. The Morgan fingerprint density at radius 2 is 2.22 bits per heavy atom. The van der Waals surface area contributed by atoms with Crippen LogP contribution in [0, 0.1) is 0 Å². The summed E-state index contributed by atoms with van der Waals surface area (Å²) >= 11 is 0. The fourth-order valence-electron chi connectivity index (χ4n) is 1.08. The SMILES string of the molecule is BC(=O)CCC(C)(C)SSCCCO/N=C/CC. The molecular weight excluding hydrogens is 265 g/mol. The van der Waals surface area contributed by atoms with E-state index in [1.165, 1.54) is 0 Å². The number of hydrogen-bond acceptors (Lipinski definition) is 5. The van der Waals surface area contributed by atoms with Crippen LogP contribution in [0.5, 0.6) is 0 Å². The lowest BCUT2D eigenvalue weighted by Crippen LogP contribution is -2.15. The van der Waals surface area contributed by atoms with Crippen LogP contribution in [0.4, 0.5) is 0 Å². The molecule has 0 unspecified atom stereocenters. The lowest BCUT2D eigenvalue weighted by atomic mass is 9.94. The van der Waals surface area contributed by atoms with Crippen LogP contribution >= 0.6 is 21.6 Å². The molecule has 0 aliphatic rings. The van der Waals surface area contributed by atoms with Gasteiger partial charge in [0, 0.05) is 16.7 Å². The Hall–Kier alpha value is -0.0951. The summed E-state index contributed by atoms with van der Waals surface area (Å²) in [6.07, 6.45) is 5.30. The van der Waals surface area contributed by atoms with Gasteiger partial charge >= 0.3 is 0 Å². The lowest BCUT2D eigenvalue weighted by Gasteiger charge is -2.22. The van der Waals surface area contributed by atoms with Crippen LogP contribution in [0.1, 0.15) is 46.5 Å². The number of oxime groups is 1. The van der Waals surface area contributed by atoms with Crippen LogP contribution in [-0.4, -0.2) is 36.9 Å². The van der Waals surface area contributed by atoms with Crippen molar-refractivity contribution < 1.29 is 9.63 Å². The first-order valence-electron chi connectivity index (χ1n) is 6.42. The van der Waals surface area contributed by atoms with Gasteiger partial charge in [0.2, 0.25) is 0 Å². The number of hydrogen-bond donors (Lipinski definition) is 0. The van der Waals surface area contributed by atoms with Gasteiger partial charge < -0.3 is 9.63 Å². The molecule has 0 saturated heterocycles. The molecule has 18 heavy (non-hydrogen) atoms. The van der Waals surface area contributed by atoms with E-state index >= 15 is 0 Å². The maximum Gasteiger partial charge on any atom is 0.187 e. The quantitative estimate of drug-likeness (QED) is 0.193. The third kappa shape index (κ3) is 12.4. The van der Waals surface area contributed by atoms with E-state index in [-0.39, 0.29) is 10.4 Å². The fraction of sp³-hybridized carbons (Fsp3) is 0.833. The highest BCUT2D eigenvalue weighted by Gasteiger charge is 2.19. The molecule has 104 valence electrons. The highest BCUT2D eigenvalue weighted by atomic mass is 33.1.